The first-order valence-electron chi connectivity index (χ1n) is 6.44. The van der Waals surface area contributed by atoms with Gasteiger partial charge in [0.2, 0.25) is 0 Å². The summed E-state index contributed by atoms with van der Waals surface area (Å²) in [6, 6.07) is 4.85. The number of nitrogens with zero attached hydrogens (tertiary/aromatic N) is 1. The average Bonchev–Trinajstić information content (AvgIpc) is 2.91. The fourth-order valence-electron chi connectivity index (χ4n) is 3.05. The number of carbonyl (C=O) groups is 1. The Labute approximate surface area is 106 Å². The SMILES string of the molecule is O=C(c1cccs1)N1CCNC2CCCCC21. The van der Waals surface area contributed by atoms with Crippen molar-refractivity contribution in [3.8, 4) is 0 Å². The van der Waals surface area contributed by atoms with E-state index in [0.29, 0.717) is 12.1 Å². The summed E-state index contributed by atoms with van der Waals surface area (Å²) in [4.78, 5) is 15.4. The van der Waals surface area contributed by atoms with Crippen LogP contribution in [0.3, 0.4) is 0 Å². The van der Waals surface area contributed by atoms with E-state index in [1.807, 2.05) is 17.5 Å². The molecule has 1 aromatic rings. The molecule has 2 heterocycles. The molecule has 0 bridgehead atoms. The predicted molar refractivity (Wildman–Crippen MR) is 69.4 cm³/mol. The van der Waals surface area contributed by atoms with Crippen LogP contribution in [0.15, 0.2) is 17.5 Å². The molecule has 3 rings (SSSR count). The number of carbonyl (C=O) groups excluding carboxylic acids is 1. The molecular formula is C13H18N2OS. The molecule has 3 nitrogen and oxygen atoms in total. The lowest BCUT2D eigenvalue weighted by Crippen LogP contribution is -2.60. The molecule has 1 aliphatic carbocycles. The lowest BCUT2D eigenvalue weighted by atomic mass is 9.87. The number of hydrogen-bond donors (Lipinski definition) is 1. The average molecular weight is 250 g/mol. The molecule has 2 fully saturated rings. The zero-order valence-corrected chi connectivity index (χ0v) is 10.7. The number of amides is 1. The third kappa shape index (κ3) is 2.11. The van der Waals surface area contributed by atoms with E-state index in [0.717, 1.165) is 24.4 Å². The van der Waals surface area contributed by atoms with Gasteiger partial charge >= 0.3 is 0 Å². The Kier molecular flexibility index (Phi) is 3.16. The van der Waals surface area contributed by atoms with Gasteiger partial charge in [-0.1, -0.05) is 18.9 Å². The van der Waals surface area contributed by atoms with Gasteiger partial charge in [0.1, 0.15) is 0 Å². The quantitative estimate of drug-likeness (QED) is 0.828. The van der Waals surface area contributed by atoms with Gasteiger partial charge in [0.15, 0.2) is 0 Å². The molecule has 1 aromatic heterocycles. The number of rotatable bonds is 1. The minimum atomic E-state index is 0.235. The summed E-state index contributed by atoms with van der Waals surface area (Å²) in [5.74, 6) is 0.235. The van der Waals surface area contributed by atoms with Crippen molar-refractivity contribution in [3.05, 3.63) is 22.4 Å². The van der Waals surface area contributed by atoms with Crippen LogP contribution < -0.4 is 5.32 Å². The molecule has 1 saturated carbocycles. The second-order valence-corrected chi connectivity index (χ2v) is 5.84. The molecule has 1 saturated heterocycles. The van der Waals surface area contributed by atoms with Gasteiger partial charge in [0.05, 0.1) is 4.88 Å². The molecule has 2 aliphatic rings. The van der Waals surface area contributed by atoms with Crippen molar-refractivity contribution in [3.63, 3.8) is 0 Å². The first kappa shape index (κ1) is 11.2. The van der Waals surface area contributed by atoms with Gasteiger partial charge in [0.25, 0.3) is 5.91 Å². The van der Waals surface area contributed by atoms with Crippen LogP contribution in [0.25, 0.3) is 0 Å². The van der Waals surface area contributed by atoms with Crippen molar-refractivity contribution in [1.29, 1.82) is 0 Å². The van der Waals surface area contributed by atoms with Crippen LogP contribution in [0.2, 0.25) is 0 Å². The van der Waals surface area contributed by atoms with Gasteiger partial charge in [-0.05, 0) is 24.3 Å². The number of piperazine rings is 1. The van der Waals surface area contributed by atoms with Crippen molar-refractivity contribution in [2.75, 3.05) is 13.1 Å². The number of nitrogens with one attached hydrogen (secondary N) is 1. The van der Waals surface area contributed by atoms with Crippen molar-refractivity contribution in [2.45, 2.75) is 37.8 Å². The van der Waals surface area contributed by atoms with E-state index in [2.05, 4.69) is 10.2 Å². The van der Waals surface area contributed by atoms with E-state index in [1.54, 1.807) is 11.3 Å². The first-order valence-corrected chi connectivity index (χ1v) is 7.32. The van der Waals surface area contributed by atoms with Crippen LogP contribution in [-0.2, 0) is 0 Å². The molecule has 0 radical (unpaired) electrons. The Morgan fingerprint density at radius 1 is 1.41 bits per heavy atom. The summed E-state index contributed by atoms with van der Waals surface area (Å²) in [6.07, 6.45) is 4.94. The standard InChI is InChI=1S/C13H18N2OS/c16-13(12-6-3-9-17-12)15-8-7-14-10-4-1-2-5-11(10)15/h3,6,9-11,14H,1-2,4-5,7-8H2. The van der Waals surface area contributed by atoms with Crippen LogP contribution in [0.5, 0.6) is 0 Å². The molecule has 2 unspecified atom stereocenters. The second kappa shape index (κ2) is 4.78. The van der Waals surface area contributed by atoms with Gasteiger partial charge in [0, 0.05) is 25.2 Å². The van der Waals surface area contributed by atoms with Crippen LogP contribution in [0.1, 0.15) is 35.4 Å². The molecule has 92 valence electrons. The Bertz CT molecular complexity index is 388. The van der Waals surface area contributed by atoms with Gasteiger partial charge in [-0.2, -0.15) is 0 Å². The van der Waals surface area contributed by atoms with Crippen molar-refractivity contribution >= 4 is 17.2 Å². The highest BCUT2D eigenvalue weighted by Gasteiger charge is 2.35. The Morgan fingerprint density at radius 3 is 3.12 bits per heavy atom. The molecule has 0 spiro atoms. The van der Waals surface area contributed by atoms with Gasteiger partial charge in [-0.3, -0.25) is 4.79 Å². The highest BCUT2D eigenvalue weighted by molar-refractivity contribution is 7.12. The predicted octanol–water partition coefficient (Wildman–Crippen LogP) is 2.10. The number of thiophene rings is 1. The molecule has 0 aromatic carbocycles. The van der Waals surface area contributed by atoms with E-state index < -0.39 is 0 Å². The minimum Gasteiger partial charge on any atom is -0.332 e. The highest BCUT2D eigenvalue weighted by Crippen LogP contribution is 2.27. The van der Waals surface area contributed by atoms with Gasteiger partial charge in [-0.25, -0.2) is 0 Å². The van der Waals surface area contributed by atoms with Crippen LogP contribution in [-0.4, -0.2) is 36.0 Å². The lowest BCUT2D eigenvalue weighted by Gasteiger charge is -2.44. The normalized spacial score (nSPS) is 28.8. The summed E-state index contributed by atoms with van der Waals surface area (Å²) in [7, 11) is 0. The van der Waals surface area contributed by atoms with Gasteiger partial charge in [-0.15, -0.1) is 11.3 Å². The third-order valence-corrected chi connectivity index (χ3v) is 4.74. The van der Waals surface area contributed by atoms with Crippen LogP contribution in [0, 0.1) is 0 Å². The fourth-order valence-corrected chi connectivity index (χ4v) is 3.73. The maximum absolute atomic E-state index is 12.4. The van der Waals surface area contributed by atoms with Crippen molar-refractivity contribution < 1.29 is 4.79 Å². The Balaban J connectivity index is 1.79. The Morgan fingerprint density at radius 2 is 2.29 bits per heavy atom. The summed E-state index contributed by atoms with van der Waals surface area (Å²) in [5.41, 5.74) is 0. The fraction of sp³-hybridized carbons (Fsp3) is 0.615. The van der Waals surface area contributed by atoms with Crippen LogP contribution in [0.4, 0.5) is 0 Å². The molecule has 17 heavy (non-hydrogen) atoms. The van der Waals surface area contributed by atoms with Crippen molar-refractivity contribution in [1.82, 2.24) is 10.2 Å². The zero-order valence-electron chi connectivity index (χ0n) is 9.89. The summed E-state index contributed by atoms with van der Waals surface area (Å²) in [5, 5.41) is 5.54. The molecule has 1 aliphatic heterocycles. The monoisotopic (exact) mass is 250 g/mol. The minimum absolute atomic E-state index is 0.235. The summed E-state index contributed by atoms with van der Waals surface area (Å²) >= 11 is 1.55. The summed E-state index contributed by atoms with van der Waals surface area (Å²) < 4.78 is 0. The second-order valence-electron chi connectivity index (χ2n) is 4.89. The molecular weight excluding hydrogens is 232 g/mol. The summed E-state index contributed by atoms with van der Waals surface area (Å²) in [6.45, 7) is 1.80. The maximum atomic E-state index is 12.4. The molecule has 1 N–H and O–H groups in total. The topological polar surface area (TPSA) is 32.3 Å². The number of fused-ring (bicyclic) bond motifs is 1. The van der Waals surface area contributed by atoms with E-state index in [1.165, 1.54) is 19.3 Å². The van der Waals surface area contributed by atoms with E-state index in [4.69, 9.17) is 0 Å². The van der Waals surface area contributed by atoms with Gasteiger partial charge < -0.3 is 10.2 Å². The molecule has 4 heteroatoms. The van der Waals surface area contributed by atoms with E-state index in [-0.39, 0.29) is 5.91 Å². The van der Waals surface area contributed by atoms with E-state index in [9.17, 15) is 4.79 Å². The van der Waals surface area contributed by atoms with Crippen LogP contribution >= 0.6 is 11.3 Å². The highest BCUT2D eigenvalue weighted by atomic mass is 32.1. The number of hydrogen-bond acceptors (Lipinski definition) is 3. The molecule has 2 atom stereocenters. The third-order valence-electron chi connectivity index (χ3n) is 3.88. The maximum Gasteiger partial charge on any atom is 0.264 e. The lowest BCUT2D eigenvalue weighted by molar-refractivity contribution is 0.0494. The zero-order chi connectivity index (χ0) is 11.7. The first-order chi connectivity index (χ1) is 8.36. The molecule has 1 amide bonds. The van der Waals surface area contributed by atoms with E-state index >= 15 is 0 Å². The van der Waals surface area contributed by atoms with Crippen molar-refractivity contribution in [2.24, 2.45) is 0 Å². The smallest absolute Gasteiger partial charge is 0.264 e. The Hall–Kier alpha value is -0.870. The largest absolute Gasteiger partial charge is 0.332 e.